The molecule has 0 aromatic carbocycles. The summed E-state index contributed by atoms with van der Waals surface area (Å²) in [7, 11) is 0. The average molecular weight is 124 g/mol. The van der Waals surface area contributed by atoms with Gasteiger partial charge < -0.3 is 0 Å². The summed E-state index contributed by atoms with van der Waals surface area (Å²) < 4.78 is 0. The highest BCUT2D eigenvalue weighted by Gasteiger charge is 2.26. The Balaban J connectivity index is 1.99. The molecule has 2 fully saturated rings. The van der Waals surface area contributed by atoms with Gasteiger partial charge in [-0.2, -0.15) is 0 Å². The van der Waals surface area contributed by atoms with Crippen molar-refractivity contribution in [1.82, 2.24) is 0 Å². The summed E-state index contributed by atoms with van der Waals surface area (Å²) >= 11 is 0. The van der Waals surface area contributed by atoms with Gasteiger partial charge in [-0.05, 0) is 18.3 Å². The fourth-order valence-corrected chi connectivity index (χ4v) is 2.57. The lowest BCUT2D eigenvalue weighted by molar-refractivity contribution is 0.486. The van der Waals surface area contributed by atoms with E-state index in [0.717, 1.165) is 11.8 Å². The van der Waals surface area contributed by atoms with E-state index in [1.165, 1.54) is 12.8 Å². The van der Waals surface area contributed by atoms with E-state index in [2.05, 4.69) is 0 Å². The lowest BCUT2D eigenvalue weighted by atomic mass is 10.0. The van der Waals surface area contributed by atoms with Crippen LogP contribution in [0, 0.1) is 11.8 Å². The van der Waals surface area contributed by atoms with Crippen LogP contribution in [0.5, 0.6) is 0 Å². The first-order valence-electron chi connectivity index (χ1n) is 4.45. The second-order valence-corrected chi connectivity index (χ2v) is 3.83. The van der Waals surface area contributed by atoms with Gasteiger partial charge in [0.15, 0.2) is 0 Å². The molecule has 0 heterocycles. The van der Waals surface area contributed by atoms with Gasteiger partial charge in [-0.25, -0.2) is 0 Å². The van der Waals surface area contributed by atoms with E-state index in [4.69, 9.17) is 0 Å². The molecule has 2 rings (SSSR count). The molecule has 52 valence electrons. The summed E-state index contributed by atoms with van der Waals surface area (Å²) in [6.07, 6.45) is 10.9. The first-order valence-corrected chi connectivity index (χ1v) is 4.45. The van der Waals surface area contributed by atoms with Crippen LogP contribution in [0.4, 0.5) is 0 Å². The van der Waals surface area contributed by atoms with Crippen LogP contribution < -0.4 is 0 Å². The predicted molar refractivity (Wildman–Crippen MR) is 39.3 cm³/mol. The minimum atomic E-state index is 1.15. The van der Waals surface area contributed by atoms with Crippen LogP contribution in [0.15, 0.2) is 0 Å². The summed E-state index contributed by atoms with van der Waals surface area (Å²) in [6.45, 7) is 0. The normalized spacial score (nSPS) is 42.7. The Hall–Kier alpha value is 0. The van der Waals surface area contributed by atoms with Gasteiger partial charge in [-0.1, -0.05) is 38.5 Å². The number of fused-ring (bicyclic) bond motifs is 2. The average Bonchev–Trinajstić information content (AvgIpc) is 2.09. The second-order valence-electron chi connectivity index (χ2n) is 3.83. The maximum atomic E-state index is 1.58. The zero-order chi connectivity index (χ0) is 6.10. The fourth-order valence-electron chi connectivity index (χ4n) is 2.57. The van der Waals surface area contributed by atoms with E-state index in [0.29, 0.717) is 0 Å². The molecule has 2 atom stereocenters. The van der Waals surface area contributed by atoms with Crippen LogP contribution >= 0.6 is 0 Å². The summed E-state index contributed by atoms with van der Waals surface area (Å²) in [5, 5.41) is 0. The number of hydrogen-bond acceptors (Lipinski definition) is 0. The van der Waals surface area contributed by atoms with Crippen molar-refractivity contribution >= 4 is 0 Å². The van der Waals surface area contributed by atoms with Crippen LogP contribution in [-0.2, 0) is 0 Å². The van der Waals surface area contributed by atoms with Gasteiger partial charge in [-0.3, -0.25) is 0 Å². The molecule has 0 radical (unpaired) electrons. The van der Waals surface area contributed by atoms with Crippen molar-refractivity contribution in [3.63, 3.8) is 0 Å². The summed E-state index contributed by atoms with van der Waals surface area (Å²) in [6, 6.07) is 0. The van der Waals surface area contributed by atoms with Gasteiger partial charge in [0.2, 0.25) is 0 Å². The molecular weight excluding hydrogens is 108 g/mol. The molecule has 0 aromatic heterocycles. The lowest BCUT2D eigenvalue weighted by Gasteiger charge is -2.05. The van der Waals surface area contributed by atoms with E-state index in [1.54, 1.807) is 32.1 Å². The number of hydrogen-bond donors (Lipinski definition) is 0. The molecule has 0 saturated heterocycles. The minimum Gasteiger partial charge on any atom is -0.0530 e. The van der Waals surface area contributed by atoms with Gasteiger partial charge in [-0.15, -0.1) is 0 Å². The van der Waals surface area contributed by atoms with E-state index in [-0.39, 0.29) is 0 Å². The topological polar surface area (TPSA) is 0 Å². The molecule has 2 aliphatic carbocycles. The molecule has 0 aromatic rings. The monoisotopic (exact) mass is 124 g/mol. The maximum Gasteiger partial charge on any atom is -0.0412 e. The van der Waals surface area contributed by atoms with Crippen molar-refractivity contribution in [2.24, 2.45) is 11.8 Å². The summed E-state index contributed by atoms with van der Waals surface area (Å²) in [4.78, 5) is 0. The van der Waals surface area contributed by atoms with Crippen molar-refractivity contribution < 1.29 is 0 Å². The highest BCUT2D eigenvalue weighted by molar-refractivity contribution is 4.78. The van der Waals surface area contributed by atoms with E-state index >= 15 is 0 Å². The minimum absolute atomic E-state index is 1.15. The Morgan fingerprint density at radius 3 is 1.78 bits per heavy atom. The smallest absolute Gasteiger partial charge is 0.0412 e. The van der Waals surface area contributed by atoms with Gasteiger partial charge in [0, 0.05) is 0 Å². The molecule has 0 spiro atoms. The Kier molecular flexibility index (Phi) is 1.48. The van der Waals surface area contributed by atoms with Gasteiger partial charge in [0.05, 0.1) is 0 Å². The SMILES string of the molecule is C1CC[C@H]2CCC(C1)C2. The molecular formula is C9H16. The van der Waals surface area contributed by atoms with E-state index in [9.17, 15) is 0 Å². The third-order valence-electron chi connectivity index (χ3n) is 3.12. The fraction of sp³-hybridized carbons (Fsp3) is 1.00. The van der Waals surface area contributed by atoms with Gasteiger partial charge in [0.25, 0.3) is 0 Å². The van der Waals surface area contributed by atoms with Crippen molar-refractivity contribution in [3.05, 3.63) is 0 Å². The Labute approximate surface area is 57.6 Å². The summed E-state index contributed by atoms with van der Waals surface area (Å²) in [5.74, 6) is 2.30. The highest BCUT2D eigenvalue weighted by atomic mass is 14.3. The first kappa shape index (κ1) is 5.76. The lowest BCUT2D eigenvalue weighted by Crippen LogP contribution is -1.89. The van der Waals surface area contributed by atoms with Crippen LogP contribution in [0.25, 0.3) is 0 Å². The van der Waals surface area contributed by atoms with Crippen molar-refractivity contribution in [2.75, 3.05) is 0 Å². The Morgan fingerprint density at radius 1 is 0.667 bits per heavy atom. The molecule has 0 aliphatic heterocycles. The molecule has 0 amide bonds. The van der Waals surface area contributed by atoms with E-state index in [1.807, 2.05) is 0 Å². The molecule has 0 N–H and O–H groups in total. The molecule has 2 bridgehead atoms. The largest absolute Gasteiger partial charge is 0.0530 e. The molecule has 9 heavy (non-hydrogen) atoms. The van der Waals surface area contributed by atoms with Crippen LogP contribution in [0.3, 0.4) is 0 Å². The molecule has 0 heteroatoms. The standard InChI is InChI=1S/C9H16/c1-2-4-9-6-5-8(3-1)7-9/h8-9H,1-7H2/t8-,9?/m0/s1. The van der Waals surface area contributed by atoms with E-state index < -0.39 is 0 Å². The van der Waals surface area contributed by atoms with Gasteiger partial charge in [0.1, 0.15) is 0 Å². The quantitative estimate of drug-likeness (QED) is 0.465. The Bertz CT molecular complexity index is 84.2. The zero-order valence-corrected chi connectivity index (χ0v) is 6.10. The van der Waals surface area contributed by atoms with Crippen molar-refractivity contribution in [2.45, 2.75) is 44.9 Å². The second kappa shape index (κ2) is 2.32. The Morgan fingerprint density at radius 2 is 1.22 bits per heavy atom. The number of rotatable bonds is 0. The zero-order valence-electron chi connectivity index (χ0n) is 6.10. The van der Waals surface area contributed by atoms with Crippen LogP contribution in [-0.4, -0.2) is 0 Å². The van der Waals surface area contributed by atoms with Crippen LogP contribution in [0.2, 0.25) is 0 Å². The maximum absolute atomic E-state index is 1.58. The molecule has 1 unspecified atom stereocenters. The van der Waals surface area contributed by atoms with Crippen molar-refractivity contribution in [1.29, 1.82) is 0 Å². The van der Waals surface area contributed by atoms with Crippen LogP contribution in [0.1, 0.15) is 44.9 Å². The first-order chi connectivity index (χ1) is 4.45. The summed E-state index contributed by atoms with van der Waals surface area (Å²) in [5.41, 5.74) is 0. The molecule has 2 aliphatic rings. The molecule has 2 saturated carbocycles. The third kappa shape index (κ3) is 1.12. The predicted octanol–water partition coefficient (Wildman–Crippen LogP) is 2.98. The third-order valence-corrected chi connectivity index (χ3v) is 3.12. The molecule has 0 nitrogen and oxygen atoms in total. The van der Waals surface area contributed by atoms with Gasteiger partial charge >= 0.3 is 0 Å². The van der Waals surface area contributed by atoms with Crippen molar-refractivity contribution in [3.8, 4) is 0 Å². The highest BCUT2D eigenvalue weighted by Crippen LogP contribution is 2.39.